The van der Waals surface area contributed by atoms with Crippen molar-refractivity contribution in [2.24, 2.45) is 0 Å². The lowest BCUT2D eigenvalue weighted by molar-refractivity contribution is -0.384. The summed E-state index contributed by atoms with van der Waals surface area (Å²) < 4.78 is 1.55. The molecule has 0 saturated carbocycles. The number of carbonyl (C=O) groups excluding carboxylic acids is 1. The molecule has 8 nitrogen and oxygen atoms in total. The van der Waals surface area contributed by atoms with Gasteiger partial charge in [0.15, 0.2) is 5.16 Å². The first-order valence-corrected chi connectivity index (χ1v) is 11.2. The van der Waals surface area contributed by atoms with Gasteiger partial charge in [0.1, 0.15) is 0 Å². The molecule has 0 aliphatic carbocycles. The van der Waals surface area contributed by atoms with Crippen molar-refractivity contribution in [1.29, 1.82) is 0 Å². The van der Waals surface area contributed by atoms with E-state index in [1.54, 1.807) is 28.8 Å². The minimum absolute atomic E-state index is 0.0348. The van der Waals surface area contributed by atoms with Gasteiger partial charge in [-0.2, -0.15) is 0 Å². The van der Waals surface area contributed by atoms with Gasteiger partial charge in [-0.3, -0.25) is 24.3 Å². The van der Waals surface area contributed by atoms with Gasteiger partial charge in [0.25, 0.3) is 11.2 Å². The molecular formula is C23H17ClN4O4S. The highest BCUT2D eigenvalue weighted by atomic mass is 35.5. The number of nitro benzene ring substituents is 1. The molecule has 4 rings (SSSR count). The number of aromatic nitrogens is 2. The Morgan fingerprint density at radius 1 is 1.09 bits per heavy atom. The summed E-state index contributed by atoms with van der Waals surface area (Å²) in [7, 11) is 0. The molecule has 0 unspecified atom stereocenters. The molecule has 0 radical (unpaired) electrons. The zero-order chi connectivity index (χ0) is 23.4. The number of hydrogen-bond acceptors (Lipinski definition) is 6. The Hall–Kier alpha value is -3.69. The maximum atomic E-state index is 13.2. The number of thioether (sulfide) groups is 1. The molecule has 1 N–H and O–H groups in total. The molecule has 0 bridgehead atoms. The average molecular weight is 481 g/mol. The van der Waals surface area contributed by atoms with E-state index in [1.165, 1.54) is 18.2 Å². The summed E-state index contributed by atoms with van der Waals surface area (Å²) in [5, 5.41) is 14.5. The summed E-state index contributed by atoms with van der Waals surface area (Å²) in [5.41, 5.74) is 1.39. The lowest BCUT2D eigenvalue weighted by atomic mass is 10.2. The number of nitrogens with one attached hydrogen (secondary N) is 1. The second-order valence-electron chi connectivity index (χ2n) is 7.05. The van der Waals surface area contributed by atoms with Crippen molar-refractivity contribution in [2.45, 2.75) is 11.7 Å². The Bertz CT molecular complexity index is 1410. The molecule has 4 aromatic rings. The van der Waals surface area contributed by atoms with Crippen LogP contribution in [0.25, 0.3) is 10.9 Å². The Morgan fingerprint density at radius 2 is 1.82 bits per heavy atom. The van der Waals surface area contributed by atoms with Crippen LogP contribution in [-0.2, 0) is 11.3 Å². The smallest absolute Gasteiger partial charge is 0.271 e. The Labute approximate surface area is 197 Å². The normalized spacial score (nSPS) is 10.8. The monoisotopic (exact) mass is 480 g/mol. The van der Waals surface area contributed by atoms with Gasteiger partial charge < -0.3 is 5.32 Å². The number of nitrogens with zero attached hydrogens (tertiary/aromatic N) is 3. The molecule has 0 fully saturated rings. The molecule has 0 spiro atoms. The van der Waals surface area contributed by atoms with Crippen LogP contribution in [0.2, 0.25) is 5.02 Å². The summed E-state index contributed by atoms with van der Waals surface area (Å²) in [6.07, 6.45) is 0. The summed E-state index contributed by atoms with van der Waals surface area (Å²) >= 11 is 7.18. The molecule has 3 aromatic carbocycles. The number of para-hydroxylation sites is 1. The maximum Gasteiger partial charge on any atom is 0.271 e. The fourth-order valence-corrected chi connectivity index (χ4v) is 4.22. The number of benzene rings is 3. The van der Waals surface area contributed by atoms with Crippen LogP contribution in [0.1, 0.15) is 5.56 Å². The van der Waals surface area contributed by atoms with Crippen molar-refractivity contribution in [3.05, 3.63) is 104 Å². The van der Waals surface area contributed by atoms with Crippen molar-refractivity contribution in [2.75, 3.05) is 11.1 Å². The van der Waals surface area contributed by atoms with Gasteiger partial charge in [0.05, 0.1) is 38.8 Å². The molecule has 1 amide bonds. The van der Waals surface area contributed by atoms with Gasteiger partial charge in [-0.15, -0.1) is 0 Å². The number of amides is 1. The second kappa shape index (κ2) is 9.85. The predicted molar refractivity (Wildman–Crippen MR) is 129 cm³/mol. The third-order valence-corrected chi connectivity index (χ3v) is 6.07. The summed E-state index contributed by atoms with van der Waals surface area (Å²) in [6, 6.07) is 20.4. The minimum Gasteiger partial charge on any atom is -0.324 e. The fraction of sp³-hybridized carbons (Fsp3) is 0.0870. The van der Waals surface area contributed by atoms with E-state index in [4.69, 9.17) is 11.6 Å². The van der Waals surface area contributed by atoms with Crippen LogP contribution in [0.4, 0.5) is 11.4 Å². The first kappa shape index (κ1) is 22.5. The van der Waals surface area contributed by atoms with Crippen molar-refractivity contribution in [3.63, 3.8) is 0 Å². The van der Waals surface area contributed by atoms with Crippen LogP contribution in [-0.4, -0.2) is 26.1 Å². The van der Waals surface area contributed by atoms with Crippen molar-refractivity contribution in [1.82, 2.24) is 9.55 Å². The number of carbonyl (C=O) groups is 1. The maximum absolute atomic E-state index is 13.2. The quantitative estimate of drug-likeness (QED) is 0.177. The van der Waals surface area contributed by atoms with Crippen LogP contribution in [0.3, 0.4) is 0 Å². The van der Waals surface area contributed by atoms with E-state index in [0.717, 1.165) is 17.3 Å². The van der Waals surface area contributed by atoms with Crippen LogP contribution < -0.4 is 10.9 Å². The largest absolute Gasteiger partial charge is 0.324 e. The number of non-ortho nitro benzene ring substituents is 1. The number of rotatable bonds is 7. The molecule has 1 aromatic heterocycles. The highest BCUT2D eigenvalue weighted by molar-refractivity contribution is 7.99. The Kier molecular flexibility index (Phi) is 6.71. The fourth-order valence-electron chi connectivity index (χ4n) is 3.20. The molecule has 166 valence electrons. The van der Waals surface area contributed by atoms with Gasteiger partial charge in [0.2, 0.25) is 5.91 Å². The van der Waals surface area contributed by atoms with E-state index in [0.29, 0.717) is 22.6 Å². The molecule has 33 heavy (non-hydrogen) atoms. The first-order valence-electron chi connectivity index (χ1n) is 9.82. The second-order valence-corrected chi connectivity index (χ2v) is 8.40. The molecular weight excluding hydrogens is 464 g/mol. The number of nitro groups is 1. The van der Waals surface area contributed by atoms with Crippen LogP contribution in [0, 0.1) is 10.1 Å². The third-order valence-electron chi connectivity index (χ3n) is 4.78. The Balaban J connectivity index is 1.57. The topological polar surface area (TPSA) is 107 Å². The SMILES string of the molecule is O=C(CSc1nc2ccccc2c(=O)n1Cc1ccccc1)Nc1ccc([N+](=O)[O-])cc1Cl. The molecule has 0 aliphatic rings. The average Bonchev–Trinajstić information content (AvgIpc) is 2.81. The molecule has 0 aliphatic heterocycles. The zero-order valence-electron chi connectivity index (χ0n) is 17.1. The number of hydrogen-bond donors (Lipinski definition) is 1. The molecule has 0 atom stereocenters. The molecule has 10 heteroatoms. The molecule has 1 heterocycles. The predicted octanol–water partition coefficient (Wildman–Crippen LogP) is 4.74. The van der Waals surface area contributed by atoms with Gasteiger partial charge in [-0.25, -0.2) is 4.98 Å². The standard InChI is InChI=1S/C23H17ClN4O4S/c24-18-12-16(28(31)32)10-11-20(18)25-21(29)14-33-23-26-19-9-5-4-8-17(19)22(30)27(23)13-15-6-2-1-3-7-15/h1-12H,13-14H2,(H,25,29). The van der Waals surface area contributed by atoms with E-state index in [-0.39, 0.29) is 33.6 Å². The van der Waals surface area contributed by atoms with E-state index < -0.39 is 4.92 Å². The van der Waals surface area contributed by atoms with Crippen molar-refractivity contribution >= 4 is 51.5 Å². The highest BCUT2D eigenvalue weighted by Gasteiger charge is 2.15. The number of fused-ring (bicyclic) bond motifs is 1. The lowest BCUT2D eigenvalue weighted by Crippen LogP contribution is -2.24. The van der Waals surface area contributed by atoms with Gasteiger partial charge in [-0.05, 0) is 23.8 Å². The highest BCUT2D eigenvalue weighted by Crippen LogP contribution is 2.27. The zero-order valence-corrected chi connectivity index (χ0v) is 18.7. The summed E-state index contributed by atoms with van der Waals surface area (Å²) in [4.78, 5) is 40.6. The van der Waals surface area contributed by atoms with Crippen molar-refractivity contribution in [3.8, 4) is 0 Å². The molecule has 0 saturated heterocycles. The number of anilines is 1. The van der Waals surface area contributed by atoms with Crippen LogP contribution >= 0.6 is 23.4 Å². The van der Waals surface area contributed by atoms with Crippen LogP contribution in [0.15, 0.2) is 82.7 Å². The van der Waals surface area contributed by atoms with E-state index in [9.17, 15) is 19.7 Å². The van der Waals surface area contributed by atoms with Crippen molar-refractivity contribution < 1.29 is 9.72 Å². The van der Waals surface area contributed by atoms with Gasteiger partial charge in [0, 0.05) is 12.1 Å². The number of halogens is 1. The van der Waals surface area contributed by atoms with Gasteiger partial charge in [-0.1, -0.05) is 65.8 Å². The third kappa shape index (κ3) is 5.21. The Morgan fingerprint density at radius 3 is 2.55 bits per heavy atom. The van der Waals surface area contributed by atoms with E-state index in [2.05, 4.69) is 10.3 Å². The first-order chi connectivity index (χ1) is 15.9. The minimum atomic E-state index is -0.565. The lowest BCUT2D eigenvalue weighted by Gasteiger charge is -2.13. The van der Waals surface area contributed by atoms with Gasteiger partial charge >= 0.3 is 0 Å². The summed E-state index contributed by atoms with van der Waals surface area (Å²) in [6.45, 7) is 0.315. The summed E-state index contributed by atoms with van der Waals surface area (Å²) in [5.74, 6) is -0.420. The van der Waals surface area contributed by atoms with E-state index >= 15 is 0 Å². The van der Waals surface area contributed by atoms with Crippen LogP contribution in [0.5, 0.6) is 0 Å². The van der Waals surface area contributed by atoms with E-state index in [1.807, 2.05) is 30.3 Å².